The average molecular weight is 605 g/mol. The number of ether oxygens (including phenoxy) is 2. The van der Waals surface area contributed by atoms with Gasteiger partial charge in [-0.1, -0.05) is 58.4 Å². The molecule has 0 aromatic heterocycles. The molecule has 4 saturated carbocycles. The van der Waals surface area contributed by atoms with Gasteiger partial charge in [-0.3, -0.25) is 0 Å². The third kappa shape index (κ3) is 5.21. The van der Waals surface area contributed by atoms with Crippen LogP contribution in [0.3, 0.4) is 0 Å². The lowest BCUT2D eigenvalue weighted by molar-refractivity contribution is -0.331. The predicted molar refractivity (Wildman–Crippen MR) is 167 cm³/mol. The second kappa shape index (κ2) is 11.8. The number of fused-ring (bicyclic) bond motifs is 5. The molecule has 5 rings (SSSR count). The molecule has 14 atom stereocenters. The Morgan fingerprint density at radius 1 is 0.884 bits per heavy atom. The Balaban J connectivity index is 1.36. The molecular formula is C36H60O7. The van der Waals surface area contributed by atoms with Gasteiger partial charge in [0.1, 0.15) is 24.4 Å². The molecular weight excluding hydrogens is 544 g/mol. The number of hydrogen-bond donors (Lipinski definition) is 5. The first-order chi connectivity index (χ1) is 20.0. The van der Waals surface area contributed by atoms with Crippen LogP contribution in [0.5, 0.6) is 0 Å². The summed E-state index contributed by atoms with van der Waals surface area (Å²) in [7, 11) is 0. The molecule has 0 aromatic rings. The molecule has 1 heterocycles. The molecule has 0 spiro atoms. The predicted octanol–water partition coefficient (Wildman–Crippen LogP) is 5.13. The van der Waals surface area contributed by atoms with Crippen LogP contribution >= 0.6 is 0 Å². The van der Waals surface area contributed by atoms with E-state index in [1.54, 1.807) is 0 Å². The van der Waals surface area contributed by atoms with E-state index in [-0.39, 0.29) is 39.8 Å². The maximum atomic E-state index is 12.0. The van der Waals surface area contributed by atoms with E-state index in [2.05, 4.69) is 61.1 Å². The van der Waals surface area contributed by atoms with E-state index < -0.39 is 37.3 Å². The van der Waals surface area contributed by atoms with E-state index in [0.29, 0.717) is 17.8 Å². The smallest absolute Gasteiger partial charge is 0.186 e. The van der Waals surface area contributed by atoms with Crippen LogP contribution in [-0.2, 0) is 9.47 Å². The molecule has 5 fully saturated rings. The first-order valence-electron chi connectivity index (χ1n) is 17.0. The van der Waals surface area contributed by atoms with Crippen molar-refractivity contribution in [2.45, 2.75) is 149 Å². The number of hydrogen-bond acceptors (Lipinski definition) is 7. The molecule has 0 aromatic carbocycles. The minimum atomic E-state index is -1.45. The number of rotatable bonds is 7. The van der Waals surface area contributed by atoms with Crippen LogP contribution in [0.2, 0.25) is 0 Å². The van der Waals surface area contributed by atoms with Crippen LogP contribution in [0.1, 0.15) is 106 Å². The van der Waals surface area contributed by atoms with Crippen LogP contribution < -0.4 is 0 Å². The number of aliphatic hydroxyl groups excluding tert-OH is 5. The average Bonchev–Trinajstić information content (AvgIpc) is 3.31. The van der Waals surface area contributed by atoms with Gasteiger partial charge in [0, 0.05) is 0 Å². The molecule has 7 heteroatoms. The molecule has 5 aliphatic rings. The second-order valence-electron chi connectivity index (χ2n) is 16.6. The Hall–Kier alpha value is -0.800. The highest BCUT2D eigenvalue weighted by atomic mass is 16.7. The highest BCUT2D eigenvalue weighted by molar-refractivity contribution is 5.22. The largest absolute Gasteiger partial charge is 0.394 e. The van der Waals surface area contributed by atoms with E-state index in [9.17, 15) is 25.5 Å². The summed E-state index contributed by atoms with van der Waals surface area (Å²) in [5.41, 5.74) is 2.63. The molecule has 1 aliphatic heterocycles. The second-order valence-corrected chi connectivity index (χ2v) is 16.6. The molecule has 5 N–H and O–H groups in total. The minimum Gasteiger partial charge on any atom is -0.394 e. The molecule has 0 bridgehead atoms. The lowest BCUT2D eigenvalue weighted by atomic mass is 9.35. The van der Waals surface area contributed by atoms with Crippen molar-refractivity contribution in [3.05, 3.63) is 23.8 Å². The summed E-state index contributed by atoms with van der Waals surface area (Å²) in [4.78, 5) is 0. The number of allylic oxidation sites excluding steroid dienone is 3. The first-order valence-corrected chi connectivity index (χ1v) is 17.0. The van der Waals surface area contributed by atoms with Gasteiger partial charge in [-0.05, 0) is 117 Å². The maximum absolute atomic E-state index is 12.0. The van der Waals surface area contributed by atoms with Crippen LogP contribution in [0.15, 0.2) is 23.8 Å². The minimum absolute atomic E-state index is 0.0270. The standard InChI is InChI=1S/C36H60O7/c1-20(2)10-9-11-21(3)22-12-16-36(8)28(22)23(38)18-26-34(6)15-14-27(33(4,5)25(34)13-17-35(26,36)7)43-32-31(41)30(40)29(39)24(19-37)42-32/h10,22-32,37-41H,3,9,11-19H2,1-2,4-8H3/t22-,23-,24-,25+,26-,27+,28+,29-,30+,31-,32+,34+,35-,36-/m0/s1. The zero-order valence-corrected chi connectivity index (χ0v) is 27.8. The van der Waals surface area contributed by atoms with Crippen LogP contribution in [-0.4, -0.2) is 75.1 Å². The molecule has 7 nitrogen and oxygen atoms in total. The fourth-order valence-corrected chi connectivity index (χ4v) is 11.5. The fraction of sp³-hybridized carbons (Fsp3) is 0.889. The van der Waals surface area contributed by atoms with E-state index in [1.165, 1.54) is 11.1 Å². The van der Waals surface area contributed by atoms with E-state index in [1.807, 2.05) is 0 Å². The van der Waals surface area contributed by atoms with Crippen molar-refractivity contribution in [1.29, 1.82) is 0 Å². The van der Waals surface area contributed by atoms with Crippen molar-refractivity contribution in [2.75, 3.05) is 6.61 Å². The normalized spacial score (nSPS) is 50.7. The summed E-state index contributed by atoms with van der Waals surface area (Å²) in [5, 5.41) is 52.9. The van der Waals surface area contributed by atoms with Crippen molar-refractivity contribution in [2.24, 2.45) is 45.3 Å². The first kappa shape index (κ1) is 33.6. The lowest BCUT2D eigenvalue weighted by Crippen LogP contribution is -2.67. The SMILES string of the molecule is C=C(CCC=C(C)C)[C@@H]1CC[C@@]2(C)[C@H]1[C@@H](O)C[C@H]1[C@]3(C)CC[C@@H](O[C@H]4O[C@@H](CO)[C@H](O)[C@@H](O)[C@@H]4O)C(C)(C)[C@H]3CC[C@@]12C. The van der Waals surface area contributed by atoms with Gasteiger partial charge < -0.3 is 35.0 Å². The van der Waals surface area contributed by atoms with Gasteiger partial charge in [0.15, 0.2) is 6.29 Å². The molecule has 0 unspecified atom stereocenters. The highest BCUT2D eigenvalue weighted by Crippen LogP contribution is 2.75. The highest BCUT2D eigenvalue weighted by Gasteiger charge is 2.70. The molecule has 43 heavy (non-hydrogen) atoms. The Morgan fingerprint density at radius 2 is 1.56 bits per heavy atom. The summed E-state index contributed by atoms with van der Waals surface area (Å²) >= 11 is 0. The topological polar surface area (TPSA) is 120 Å². The summed E-state index contributed by atoms with van der Waals surface area (Å²) in [6.45, 7) is 20.4. The summed E-state index contributed by atoms with van der Waals surface area (Å²) in [6.07, 6.45) is 4.46. The maximum Gasteiger partial charge on any atom is 0.186 e. The van der Waals surface area contributed by atoms with Crippen molar-refractivity contribution in [3.8, 4) is 0 Å². The van der Waals surface area contributed by atoms with E-state index >= 15 is 0 Å². The van der Waals surface area contributed by atoms with Gasteiger partial charge in [-0.15, -0.1) is 0 Å². The Bertz CT molecular complexity index is 1070. The monoisotopic (exact) mass is 604 g/mol. The third-order valence-corrected chi connectivity index (χ3v) is 14.0. The molecule has 1 saturated heterocycles. The van der Waals surface area contributed by atoms with Gasteiger partial charge in [0.05, 0.1) is 18.8 Å². The Labute approximate surface area is 259 Å². The van der Waals surface area contributed by atoms with Gasteiger partial charge in [0.25, 0.3) is 0 Å². The zero-order valence-electron chi connectivity index (χ0n) is 27.8. The Kier molecular flexibility index (Phi) is 9.19. The molecule has 246 valence electrons. The van der Waals surface area contributed by atoms with Crippen molar-refractivity contribution in [1.82, 2.24) is 0 Å². The lowest BCUT2D eigenvalue weighted by Gasteiger charge is -2.70. The summed E-state index contributed by atoms with van der Waals surface area (Å²) in [5.74, 6) is 1.38. The van der Waals surface area contributed by atoms with Gasteiger partial charge in [-0.2, -0.15) is 0 Å². The number of aliphatic hydroxyl groups is 5. The van der Waals surface area contributed by atoms with Crippen LogP contribution in [0.4, 0.5) is 0 Å². The quantitative estimate of drug-likeness (QED) is 0.202. The van der Waals surface area contributed by atoms with Crippen LogP contribution in [0, 0.1) is 45.3 Å². The van der Waals surface area contributed by atoms with Gasteiger partial charge >= 0.3 is 0 Å². The fourth-order valence-electron chi connectivity index (χ4n) is 11.5. The summed E-state index contributed by atoms with van der Waals surface area (Å²) < 4.78 is 12.2. The van der Waals surface area contributed by atoms with Gasteiger partial charge in [0.2, 0.25) is 0 Å². The molecule has 0 amide bonds. The van der Waals surface area contributed by atoms with Crippen LogP contribution in [0.25, 0.3) is 0 Å². The third-order valence-electron chi connectivity index (χ3n) is 14.0. The zero-order chi connectivity index (χ0) is 31.7. The summed E-state index contributed by atoms with van der Waals surface area (Å²) in [6, 6.07) is 0. The van der Waals surface area contributed by atoms with Crippen molar-refractivity contribution < 1.29 is 35.0 Å². The van der Waals surface area contributed by atoms with E-state index in [0.717, 1.165) is 57.8 Å². The van der Waals surface area contributed by atoms with Crippen molar-refractivity contribution in [3.63, 3.8) is 0 Å². The molecule has 0 radical (unpaired) electrons. The van der Waals surface area contributed by atoms with E-state index in [4.69, 9.17) is 9.47 Å². The molecule has 4 aliphatic carbocycles. The Morgan fingerprint density at radius 3 is 2.21 bits per heavy atom. The van der Waals surface area contributed by atoms with Crippen molar-refractivity contribution >= 4 is 0 Å². The van der Waals surface area contributed by atoms with Gasteiger partial charge in [-0.25, -0.2) is 0 Å².